The van der Waals surface area contributed by atoms with Crippen LogP contribution in [0, 0.1) is 0 Å². The molecule has 0 saturated carbocycles. The van der Waals surface area contributed by atoms with E-state index in [0.29, 0.717) is 25.7 Å². The molecule has 4 fully saturated rings. The number of amides is 4. The summed E-state index contributed by atoms with van der Waals surface area (Å²) in [6.07, 6.45) is 0.273. The standard InChI is InChI=1S/C40H36N6O4/c47-33-31-21-39(25-15-7-9-17-27(25)43-37(39)45(31)35(49)29(41-33)19-23-11-3-1-4-12-23)40-22-32-34(48)42-30(20-24-13-5-2-6-14-24)36(50)46(32)38(40)44-28-18-10-8-16-26(28)40/h1-18,29-32,37-38,43-44H,19-22H2,(H,41,47)(H,42,48)/t29-,30-,31-,32+,37+,38+,39-,40+/m0/s1. The van der Waals surface area contributed by atoms with Gasteiger partial charge in [-0.05, 0) is 47.2 Å². The molecule has 6 heterocycles. The number of anilines is 2. The third-order valence-electron chi connectivity index (χ3n) is 12.3. The van der Waals surface area contributed by atoms with Crippen molar-refractivity contribution in [2.24, 2.45) is 0 Å². The van der Waals surface area contributed by atoms with Crippen molar-refractivity contribution >= 4 is 35.0 Å². The van der Waals surface area contributed by atoms with Crippen LogP contribution in [-0.4, -0.2) is 69.9 Å². The monoisotopic (exact) mass is 664 g/mol. The molecule has 0 spiro atoms. The lowest BCUT2D eigenvalue weighted by atomic mass is 9.54. The molecule has 250 valence electrons. The minimum absolute atomic E-state index is 0.134. The molecule has 0 radical (unpaired) electrons. The molecule has 4 amide bonds. The summed E-state index contributed by atoms with van der Waals surface area (Å²) >= 11 is 0. The molecule has 0 aliphatic carbocycles. The van der Waals surface area contributed by atoms with Crippen LogP contribution in [0.1, 0.15) is 35.1 Å². The molecule has 4 aromatic carbocycles. The van der Waals surface area contributed by atoms with Gasteiger partial charge in [-0.15, -0.1) is 0 Å². The van der Waals surface area contributed by atoms with Crippen LogP contribution < -0.4 is 21.3 Å². The van der Waals surface area contributed by atoms with Crippen molar-refractivity contribution in [1.29, 1.82) is 0 Å². The molecule has 4 aromatic rings. The normalized spacial score (nSPS) is 32.9. The first-order chi connectivity index (χ1) is 24.4. The van der Waals surface area contributed by atoms with E-state index in [1.165, 1.54) is 0 Å². The minimum atomic E-state index is -0.861. The number of hydrogen-bond donors (Lipinski definition) is 4. The van der Waals surface area contributed by atoms with Crippen LogP contribution in [0.5, 0.6) is 0 Å². The summed E-state index contributed by atoms with van der Waals surface area (Å²) in [7, 11) is 0. The van der Waals surface area contributed by atoms with E-state index in [1.54, 1.807) is 9.80 Å². The van der Waals surface area contributed by atoms with Crippen molar-refractivity contribution in [1.82, 2.24) is 20.4 Å². The maximum atomic E-state index is 14.6. The number of para-hydroxylation sites is 2. The van der Waals surface area contributed by atoms with Gasteiger partial charge in [0.25, 0.3) is 0 Å². The SMILES string of the molecule is O=C1N[C@@H](Cc2ccccc2)C(=O)N2[C@@H]1C[C@@]1([C@]34C[C@H]5C(=O)N[C@@H](Cc6ccccc6)C(=O)N5[C@H]3Nc3ccccc34)c3ccccc3N[C@H]21. The molecule has 4 saturated heterocycles. The number of benzene rings is 4. The third-order valence-corrected chi connectivity index (χ3v) is 12.3. The zero-order valence-corrected chi connectivity index (χ0v) is 27.2. The zero-order chi connectivity index (χ0) is 33.8. The maximum absolute atomic E-state index is 14.6. The Kier molecular flexibility index (Phi) is 6.11. The summed E-state index contributed by atoms with van der Waals surface area (Å²) in [5, 5.41) is 13.6. The lowest BCUT2D eigenvalue weighted by Gasteiger charge is -2.48. The Bertz CT molecular complexity index is 1940. The van der Waals surface area contributed by atoms with E-state index in [9.17, 15) is 19.2 Å². The number of rotatable bonds is 5. The van der Waals surface area contributed by atoms with Gasteiger partial charge < -0.3 is 31.1 Å². The zero-order valence-electron chi connectivity index (χ0n) is 27.2. The number of fused-ring (bicyclic) bond motifs is 11. The van der Waals surface area contributed by atoms with Crippen LogP contribution in [0.25, 0.3) is 0 Å². The van der Waals surface area contributed by atoms with Crippen LogP contribution in [0.4, 0.5) is 11.4 Å². The molecule has 4 N–H and O–H groups in total. The lowest BCUT2D eigenvalue weighted by Crippen LogP contribution is -2.67. The molecule has 10 nitrogen and oxygen atoms in total. The molecule has 0 bridgehead atoms. The lowest BCUT2D eigenvalue weighted by molar-refractivity contribution is -0.149. The molecule has 0 aromatic heterocycles. The topological polar surface area (TPSA) is 123 Å². The van der Waals surface area contributed by atoms with Gasteiger partial charge in [0.15, 0.2) is 0 Å². The number of carbonyl (C=O) groups excluding carboxylic acids is 4. The number of piperazine rings is 2. The molecule has 6 aliphatic heterocycles. The summed E-state index contributed by atoms with van der Waals surface area (Å²) < 4.78 is 0. The molecule has 10 rings (SSSR count). The van der Waals surface area contributed by atoms with Crippen LogP contribution in [0.2, 0.25) is 0 Å². The Morgan fingerprint density at radius 2 is 0.880 bits per heavy atom. The average molecular weight is 665 g/mol. The maximum Gasteiger partial charge on any atom is 0.247 e. The molecule has 8 atom stereocenters. The summed E-state index contributed by atoms with van der Waals surface area (Å²) in [6, 6.07) is 32.8. The predicted molar refractivity (Wildman–Crippen MR) is 186 cm³/mol. The Labute approximate surface area is 289 Å². The smallest absolute Gasteiger partial charge is 0.247 e. The van der Waals surface area contributed by atoms with Gasteiger partial charge in [0.2, 0.25) is 23.6 Å². The van der Waals surface area contributed by atoms with Crippen molar-refractivity contribution in [3.63, 3.8) is 0 Å². The minimum Gasteiger partial charge on any atom is -0.364 e. The Morgan fingerprint density at radius 1 is 0.500 bits per heavy atom. The van der Waals surface area contributed by atoms with E-state index < -0.39 is 47.3 Å². The van der Waals surface area contributed by atoms with E-state index in [0.717, 1.165) is 33.6 Å². The first-order valence-electron chi connectivity index (χ1n) is 17.5. The third kappa shape index (κ3) is 3.73. The summed E-state index contributed by atoms with van der Waals surface area (Å²) in [5.74, 6) is -0.632. The highest BCUT2D eigenvalue weighted by Crippen LogP contribution is 2.68. The van der Waals surface area contributed by atoms with Gasteiger partial charge in [0.05, 0.1) is 10.8 Å². The average Bonchev–Trinajstić information content (AvgIpc) is 3.85. The second-order valence-electron chi connectivity index (χ2n) is 14.6. The van der Waals surface area contributed by atoms with Gasteiger partial charge in [-0.25, -0.2) is 0 Å². The highest BCUT2D eigenvalue weighted by molar-refractivity contribution is 6.01. The highest BCUT2D eigenvalue weighted by Gasteiger charge is 2.78. The fraction of sp³-hybridized carbons (Fsp3) is 0.300. The van der Waals surface area contributed by atoms with Crippen LogP contribution in [0.15, 0.2) is 109 Å². The van der Waals surface area contributed by atoms with Gasteiger partial charge in [0, 0.05) is 24.2 Å². The van der Waals surface area contributed by atoms with E-state index in [2.05, 4.69) is 33.4 Å². The van der Waals surface area contributed by atoms with E-state index >= 15 is 0 Å². The van der Waals surface area contributed by atoms with Gasteiger partial charge in [-0.2, -0.15) is 0 Å². The molecular weight excluding hydrogens is 628 g/mol. The Balaban J connectivity index is 1.13. The fourth-order valence-electron chi connectivity index (χ4n) is 10.4. The first-order valence-corrected chi connectivity index (χ1v) is 17.5. The number of nitrogens with zero attached hydrogens (tertiary/aromatic N) is 2. The Hall–Kier alpha value is -5.64. The van der Waals surface area contributed by atoms with Gasteiger partial charge >= 0.3 is 0 Å². The number of nitrogens with one attached hydrogen (secondary N) is 4. The summed E-state index contributed by atoms with van der Waals surface area (Å²) in [4.78, 5) is 61.2. The fourth-order valence-corrected chi connectivity index (χ4v) is 10.4. The molecule has 6 aliphatic rings. The van der Waals surface area contributed by atoms with Crippen molar-refractivity contribution in [2.45, 2.75) is 73.0 Å². The van der Waals surface area contributed by atoms with Crippen LogP contribution >= 0.6 is 0 Å². The van der Waals surface area contributed by atoms with Crippen molar-refractivity contribution in [2.75, 3.05) is 10.6 Å². The molecule has 0 unspecified atom stereocenters. The predicted octanol–water partition coefficient (Wildman–Crippen LogP) is 3.05. The highest BCUT2D eigenvalue weighted by atomic mass is 16.2. The van der Waals surface area contributed by atoms with Crippen molar-refractivity contribution < 1.29 is 19.2 Å². The summed E-state index contributed by atoms with van der Waals surface area (Å²) in [6.45, 7) is 0. The largest absolute Gasteiger partial charge is 0.364 e. The quantitative estimate of drug-likeness (QED) is 0.260. The van der Waals surface area contributed by atoms with E-state index in [4.69, 9.17) is 0 Å². The second-order valence-corrected chi connectivity index (χ2v) is 14.6. The van der Waals surface area contributed by atoms with Crippen LogP contribution in [-0.2, 0) is 42.8 Å². The van der Waals surface area contributed by atoms with E-state index in [-0.39, 0.29) is 23.6 Å². The molecule has 10 heteroatoms. The van der Waals surface area contributed by atoms with Crippen molar-refractivity contribution in [3.05, 3.63) is 131 Å². The summed E-state index contributed by atoms with van der Waals surface area (Å²) in [5.41, 5.74) is 4.00. The van der Waals surface area contributed by atoms with Gasteiger partial charge in [0.1, 0.15) is 36.5 Å². The van der Waals surface area contributed by atoms with Crippen LogP contribution in [0.3, 0.4) is 0 Å². The molecule has 50 heavy (non-hydrogen) atoms. The number of hydrogen-bond acceptors (Lipinski definition) is 6. The van der Waals surface area contributed by atoms with E-state index in [1.807, 2.05) is 97.1 Å². The Morgan fingerprint density at radius 3 is 1.30 bits per heavy atom. The first kappa shape index (κ1) is 29.3. The second kappa shape index (κ2) is 10.4. The van der Waals surface area contributed by atoms with Gasteiger partial charge in [-0.1, -0.05) is 97.1 Å². The van der Waals surface area contributed by atoms with Gasteiger partial charge in [-0.3, -0.25) is 19.2 Å². The van der Waals surface area contributed by atoms with Crippen molar-refractivity contribution in [3.8, 4) is 0 Å². The molecular formula is C40H36N6O4. The number of carbonyl (C=O) groups is 4.